The summed E-state index contributed by atoms with van der Waals surface area (Å²) in [5, 5.41) is 3.49. The van der Waals surface area contributed by atoms with Crippen molar-refractivity contribution in [2.24, 2.45) is 4.99 Å². The van der Waals surface area contributed by atoms with Crippen molar-refractivity contribution in [3.63, 3.8) is 0 Å². The van der Waals surface area contributed by atoms with Crippen molar-refractivity contribution in [2.75, 3.05) is 85.4 Å². The molecule has 1 aromatic rings. The molecule has 4 rings (SSSR count). The topological polar surface area (TPSA) is 61.8 Å². The summed E-state index contributed by atoms with van der Waals surface area (Å²) in [6.07, 6.45) is 1.19. The summed E-state index contributed by atoms with van der Waals surface area (Å²) in [7, 11) is 0. The molecular formula is C24H40IN5O3. The summed E-state index contributed by atoms with van der Waals surface area (Å²) in [4.78, 5) is 12.3. The second kappa shape index (κ2) is 14.3. The van der Waals surface area contributed by atoms with Crippen LogP contribution in [0.4, 0.5) is 0 Å². The van der Waals surface area contributed by atoms with Gasteiger partial charge in [0.1, 0.15) is 12.4 Å². The molecule has 1 N–H and O–H groups in total. The van der Waals surface area contributed by atoms with Crippen molar-refractivity contribution < 1.29 is 14.2 Å². The van der Waals surface area contributed by atoms with Crippen molar-refractivity contribution in [3.05, 3.63) is 29.8 Å². The molecule has 186 valence electrons. The first-order valence-corrected chi connectivity index (χ1v) is 12.2. The van der Waals surface area contributed by atoms with Crippen molar-refractivity contribution in [1.82, 2.24) is 20.0 Å². The molecule has 0 radical (unpaired) electrons. The van der Waals surface area contributed by atoms with Crippen molar-refractivity contribution >= 4 is 29.9 Å². The molecule has 3 saturated heterocycles. The molecule has 33 heavy (non-hydrogen) atoms. The van der Waals surface area contributed by atoms with Gasteiger partial charge in [0.05, 0.1) is 33.0 Å². The highest BCUT2D eigenvalue weighted by Gasteiger charge is 2.30. The number of nitrogens with zero attached hydrogens (tertiary/aromatic N) is 4. The third kappa shape index (κ3) is 8.24. The largest absolute Gasteiger partial charge is 0.492 e. The maximum Gasteiger partial charge on any atom is 0.194 e. The number of guanidine groups is 1. The molecule has 3 aliphatic heterocycles. The lowest BCUT2D eigenvalue weighted by atomic mass is 10.2. The number of nitrogens with one attached hydrogen (secondary N) is 1. The van der Waals surface area contributed by atoms with Crippen LogP contribution in [0.25, 0.3) is 0 Å². The van der Waals surface area contributed by atoms with Crippen LogP contribution in [0.2, 0.25) is 0 Å². The quantitative estimate of drug-likeness (QED) is 0.290. The molecular weight excluding hydrogens is 533 g/mol. The third-order valence-electron chi connectivity index (χ3n) is 6.45. The van der Waals surface area contributed by atoms with Gasteiger partial charge in [-0.25, -0.2) is 4.99 Å². The lowest BCUT2D eigenvalue weighted by molar-refractivity contribution is 0.0195. The average molecular weight is 574 g/mol. The molecule has 9 heteroatoms. The van der Waals surface area contributed by atoms with E-state index in [2.05, 4.69) is 45.1 Å². The van der Waals surface area contributed by atoms with Gasteiger partial charge in [0.25, 0.3) is 0 Å². The molecule has 0 aliphatic carbocycles. The number of rotatable bonds is 8. The molecule has 1 atom stereocenters. The van der Waals surface area contributed by atoms with Gasteiger partial charge >= 0.3 is 0 Å². The summed E-state index contributed by atoms with van der Waals surface area (Å²) in [6.45, 7) is 14.8. The van der Waals surface area contributed by atoms with E-state index < -0.39 is 0 Å². The first-order chi connectivity index (χ1) is 15.8. The van der Waals surface area contributed by atoms with Gasteiger partial charge in [-0.05, 0) is 31.0 Å². The summed E-state index contributed by atoms with van der Waals surface area (Å²) >= 11 is 0. The lowest BCUT2D eigenvalue weighted by Gasteiger charge is -2.32. The van der Waals surface area contributed by atoms with Crippen molar-refractivity contribution in [1.29, 1.82) is 0 Å². The fraction of sp³-hybridized carbons (Fsp3) is 0.708. The number of hydrogen-bond donors (Lipinski definition) is 1. The van der Waals surface area contributed by atoms with E-state index in [1.807, 2.05) is 6.07 Å². The lowest BCUT2D eigenvalue weighted by Crippen LogP contribution is -2.46. The number of halogens is 1. The summed E-state index contributed by atoms with van der Waals surface area (Å²) in [6, 6.07) is 8.94. The highest BCUT2D eigenvalue weighted by molar-refractivity contribution is 14.0. The standard InChI is InChI=1S/C24H39N5O3.HI/c1-2-25-24(29-7-6-22(20-29)28-11-15-31-16-12-28)26-19-21-4-3-5-23(18-21)32-17-10-27-8-13-30-14-9-27;/h3-5,18,22H,2,6-17,19-20H2,1H3,(H,25,26);1H. The van der Waals surface area contributed by atoms with Gasteiger partial charge in [0.2, 0.25) is 0 Å². The summed E-state index contributed by atoms with van der Waals surface area (Å²) < 4.78 is 16.9. The Labute approximate surface area is 215 Å². The average Bonchev–Trinajstić information content (AvgIpc) is 3.34. The second-order valence-corrected chi connectivity index (χ2v) is 8.66. The molecule has 3 heterocycles. The number of ether oxygens (including phenoxy) is 3. The van der Waals surface area contributed by atoms with E-state index in [-0.39, 0.29) is 24.0 Å². The highest BCUT2D eigenvalue weighted by atomic mass is 127. The Balaban J connectivity index is 0.00000306. The molecule has 0 aromatic heterocycles. The smallest absolute Gasteiger partial charge is 0.194 e. The zero-order valence-corrected chi connectivity index (χ0v) is 22.2. The predicted molar refractivity (Wildman–Crippen MR) is 142 cm³/mol. The van der Waals surface area contributed by atoms with Crippen LogP contribution in [0.5, 0.6) is 5.75 Å². The maximum absolute atomic E-state index is 6.01. The molecule has 1 aromatic carbocycles. The number of hydrogen-bond acceptors (Lipinski definition) is 6. The van der Waals surface area contributed by atoms with Gasteiger partial charge in [-0.15, -0.1) is 24.0 Å². The van der Waals surface area contributed by atoms with E-state index in [1.54, 1.807) is 0 Å². The summed E-state index contributed by atoms with van der Waals surface area (Å²) in [5.41, 5.74) is 1.17. The van der Waals surface area contributed by atoms with Gasteiger partial charge in [-0.1, -0.05) is 12.1 Å². The predicted octanol–water partition coefficient (Wildman–Crippen LogP) is 1.89. The third-order valence-corrected chi connectivity index (χ3v) is 6.45. The SMILES string of the molecule is CCNC(=NCc1cccc(OCCN2CCOCC2)c1)N1CCC(N2CCOCC2)C1.I. The number of aliphatic imine (C=N–C) groups is 1. The van der Waals surface area contributed by atoms with Crippen LogP contribution >= 0.6 is 24.0 Å². The zero-order chi connectivity index (χ0) is 22.0. The minimum absolute atomic E-state index is 0. The molecule has 0 amide bonds. The Kier molecular flexibility index (Phi) is 11.5. The van der Waals surface area contributed by atoms with Crippen LogP contribution in [0, 0.1) is 0 Å². The minimum Gasteiger partial charge on any atom is -0.492 e. The Morgan fingerprint density at radius 2 is 1.85 bits per heavy atom. The Bertz CT molecular complexity index is 726. The van der Waals surface area contributed by atoms with Gasteiger partial charge < -0.3 is 24.4 Å². The van der Waals surface area contributed by atoms with Gasteiger partial charge in [-0.2, -0.15) is 0 Å². The first kappa shape index (κ1) is 26.5. The van der Waals surface area contributed by atoms with E-state index in [0.29, 0.717) is 19.2 Å². The Morgan fingerprint density at radius 3 is 2.61 bits per heavy atom. The van der Waals surface area contributed by atoms with E-state index in [0.717, 1.165) is 90.5 Å². The van der Waals surface area contributed by atoms with E-state index in [9.17, 15) is 0 Å². The highest BCUT2D eigenvalue weighted by Crippen LogP contribution is 2.18. The molecule has 1 unspecified atom stereocenters. The van der Waals surface area contributed by atoms with Crippen molar-refractivity contribution in [3.8, 4) is 5.75 Å². The fourth-order valence-corrected chi connectivity index (χ4v) is 4.62. The zero-order valence-electron chi connectivity index (χ0n) is 19.9. The van der Waals surface area contributed by atoms with Gasteiger partial charge in [0.15, 0.2) is 5.96 Å². The van der Waals surface area contributed by atoms with Crippen LogP contribution in [0.1, 0.15) is 18.9 Å². The number of likely N-dealkylation sites (tertiary alicyclic amines) is 1. The summed E-state index contributed by atoms with van der Waals surface area (Å²) in [5.74, 6) is 1.94. The second-order valence-electron chi connectivity index (χ2n) is 8.66. The number of benzene rings is 1. The van der Waals surface area contributed by atoms with Crippen LogP contribution < -0.4 is 10.1 Å². The fourth-order valence-electron chi connectivity index (χ4n) is 4.62. The van der Waals surface area contributed by atoms with Crippen LogP contribution in [0.15, 0.2) is 29.3 Å². The molecule has 3 fully saturated rings. The monoisotopic (exact) mass is 573 g/mol. The van der Waals surface area contributed by atoms with E-state index in [4.69, 9.17) is 19.2 Å². The Morgan fingerprint density at radius 1 is 1.09 bits per heavy atom. The minimum atomic E-state index is 0. The van der Waals surface area contributed by atoms with Gasteiger partial charge in [-0.3, -0.25) is 9.80 Å². The molecule has 3 aliphatic rings. The van der Waals surface area contributed by atoms with Crippen LogP contribution in [-0.2, 0) is 16.0 Å². The normalized spacial score (nSPS) is 22.8. The maximum atomic E-state index is 6.01. The van der Waals surface area contributed by atoms with E-state index >= 15 is 0 Å². The molecule has 0 bridgehead atoms. The van der Waals surface area contributed by atoms with Crippen molar-refractivity contribution in [2.45, 2.75) is 25.9 Å². The first-order valence-electron chi connectivity index (χ1n) is 12.2. The molecule has 0 spiro atoms. The van der Waals surface area contributed by atoms with E-state index in [1.165, 1.54) is 12.0 Å². The van der Waals surface area contributed by atoms with Gasteiger partial charge in [0, 0.05) is 58.4 Å². The number of morpholine rings is 2. The molecule has 8 nitrogen and oxygen atoms in total. The van der Waals surface area contributed by atoms with Crippen LogP contribution in [-0.4, -0.2) is 112 Å². The Hall–Kier alpha value is -1.14. The van der Waals surface area contributed by atoms with Crippen LogP contribution in [0.3, 0.4) is 0 Å². The molecule has 0 saturated carbocycles.